The summed E-state index contributed by atoms with van der Waals surface area (Å²) in [5.74, 6) is 0.591. The van der Waals surface area contributed by atoms with E-state index in [0.717, 1.165) is 16.5 Å². The van der Waals surface area contributed by atoms with E-state index in [2.05, 4.69) is 20.3 Å². The first-order chi connectivity index (χ1) is 8.29. The summed E-state index contributed by atoms with van der Waals surface area (Å²) in [5.41, 5.74) is 0. The molecular formula is C11H11ClN4S. The van der Waals surface area contributed by atoms with Gasteiger partial charge in [0.1, 0.15) is 5.03 Å². The van der Waals surface area contributed by atoms with Crippen LogP contribution in [0.25, 0.3) is 0 Å². The summed E-state index contributed by atoms with van der Waals surface area (Å²) >= 11 is 7.55. The molecule has 0 saturated carbocycles. The minimum Gasteiger partial charge on any atom is -0.354 e. The molecule has 2 rings (SSSR count). The van der Waals surface area contributed by atoms with Crippen molar-refractivity contribution in [2.75, 3.05) is 11.9 Å². The Morgan fingerprint density at radius 1 is 1.35 bits per heavy atom. The maximum atomic E-state index is 6.06. The fourth-order valence-corrected chi connectivity index (χ4v) is 2.15. The molecule has 2 aromatic heterocycles. The molecule has 0 fully saturated rings. The molecule has 2 aromatic rings. The van der Waals surface area contributed by atoms with Gasteiger partial charge in [-0.25, -0.2) is 9.97 Å². The highest BCUT2D eigenvalue weighted by molar-refractivity contribution is 7.99. The van der Waals surface area contributed by atoms with Gasteiger partial charge in [-0.1, -0.05) is 23.4 Å². The third-order valence-corrected chi connectivity index (χ3v) is 3.31. The van der Waals surface area contributed by atoms with Gasteiger partial charge in [0.15, 0.2) is 0 Å². The summed E-state index contributed by atoms with van der Waals surface area (Å²) in [4.78, 5) is 13.4. The molecule has 4 nitrogen and oxygen atoms in total. The molecule has 88 valence electrons. The second-order valence-corrected chi connectivity index (χ2v) is 4.63. The van der Waals surface area contributed by atoms with Gasteiger partial charge < -0.3 is 5.32 Å². The van der Waals surface area contributed by atoms with E-state index in [1.165, 1.54) is 11.8 Å². The highest BCUT2D eigenvalue weighted by atomic mass is 35.5. The second kappa shape index (κ2) is 5.84. The van der Waals surface area contributed by atoms with Crippen molar-refractivity contribution in [3.05, 3.63) is 35.7 Å². The molecule has 0 aromatic carbocycles. The molecule has 2 heterocycles. The average molecular weight is 267 g/mol. The molecule has 0 atom stereocenters. The van der Waals surface area contributed by atoms with Gasteiger partial charge in [0.05, 0.1) is 11.2 Å². The van der Waals surface area contributed by atoms with E-state index in [0.29, 0.717) is 11.0 Å². The maximum absolute atomic E-state index is 6.06. The number of rotatable bonds is 4. The second-order valence-electron chi connectivity index (χ2n) is 3.16. The number of hydrogen-bond donors (Lipinski definition) is 1. The van der Waals surface area contributed by atoms with Crippen LogP contribution in [0.15, 0.2) is 40.6 Å². The van der Waals surface area contributed by atoms with Crippen molar-refractivity contribution in [1.82, 2.24) is 15.0 Å². The Labute approximate surface area is 109 Å². The van der Waals surface area contributed by atoms with Gasteiger partial charge in [-0.2, -0.15) is 0 Å². The number of hydrogen-bond acceptors (Lipinski definition) is 5. The van der Waals surface area contributed by atoms with Crippen LogP contribution in [-0.4, -0.2) is 21.5 Å². The zero-order valence-corrected chi connectivity index (χ0v) is 10.8. The zero-order valence-electron chi connectivity index (χ0n) is 9.22. The third-order valence-electron chi connectivity index (χ3n) is 1.91. The van der Waals surface area contributed by atoms with Crippen LogP contribution in [0.4, 0.5) is 5.95 Å². The average Bonchev–Trinajstić information content (AvgIpc) is 2.35. The van der Waals surface area contributed by atoms with E-state index in [1.54, 1.807) is 18.6 Å². The van der Waals surface area contributed by atoms with Crippen molar-refractivity contribution in [2.24, 2.45) is 0 Å². The third kappa shape index (κ3) is 3.31. The van der Waals surface area contributed by atoms with Gasteiger partial charge in [-0.3, -0.25) is 4.98 Å². The van der Waals surface area contributed by atoms with Crippen LogP contribution in [0, 0.1) is 0 Å². The predicted octanol–water partition coefficient (Wildman–Crippen LogP) is 3.11. The standard InChI is InChI=1S/C11H11ClN4S/c1-2-14-11-15-7-9(12)10(16-11)17-8-3-5-13-6-4-8/h3-7H,2H2,1H3,(H,14,15,16). The van der Waals surface area contributed by atoms with E-state index in [1.807, 2.05) is 19.1 Å². The van der Waals surface area contributed by atoms with E-state index in [9.17, 15) is 0 Å². The van der Waals surface area contributed by atoms with Crippen LogP contribution in [0.3, 0.4) is 0 Å². The molecule has 0 spiro atoms. The molecule has 0 aliphatic carbocycles. The summed E-state index contributed by atoms with van der Waals surface area (Å²) in [6, 6.07) is 3.83. The largest absolute Gasteiger partial charge is 0.354 e. The van der Waals surface area contributed by atoms with Crippen LogP contribution in [0.1, 0.15) is 6.92 Å². The highest BCUT2D eigenvalue weighted by Crippen LogP contribution is 2.31. The zero-order chi connectivity index (χ0) is 12.1. The maximum Gasteiger partial charge on any atom is 0.223 e. The lowest BCUT2D eigenvalue weighted by atomic mass is 10.5. The van der Waals surface area contributed by atoms with Crippen LogP contribution in [0.5, 0.6) is 0 Å². The van der Waals surface area contributed by atoms with Gasteiger partial charge in [0, 0.05) is 23.8 Å². The smallest absolute Gasteiger partial charge is 0.223 e. The molecule has 0 bridgehead atoms. The van der Waals surface area contributed by atoms with Gasteiger partial charge in [-0.05, 0) is 19.1 Å². The number of pyridine rings is 1. The summed E-state index contributed by atoms with van der Waals surface area (Å²) in [5, 5.41) is 4.34. The van der Waals surface area contributed by atoms with E-state index < -0.39 is 0 Å². The van der Waals surface area contributed by atoms with Crippen LogP contribution >= 0.6 is 23.4 Å². The summed E-state index contributed by atoms with van der Waals surface area (Å²) in [6.07, 6.45) is 5.08. The van der Waals surface area contributed by atoms with Crippen LogP contribution in [0.2, 0.25) is 5.02 Å². The number of nitrogens with zero attached hydrogens (tertiary/aromatic N) is 3. The van der Waals surface area contributed by atoms with E-state index >= 15 is 0 Å². The van der Waals surface area contributed by atoms with Gasteiger partial charge >= 0.3 is 0 Å². The number of aromatic nitrogens is 3. The highest BCUT2D eigenvalue weighted by Gasteiger charge is 2.06. The molecular weight excluding hydrogens is 256 g/mol. The first-order valence-electron chi connectivity index (χ1n) is 5.14. The Hall–Kier alpha value is -1.33. The quantitative estimate of drug-likeness (QED) is 0.862. The van der Waals surface area contributed by atoms with Gasteiger partial charge in [0.2, 0.25) is 5.95 Å². The number of halogens is 1. The van der Waals surface area contributed by atoms with Crippen molar-refractivity contribution in [3.8, 4) is 0 Å². The predicted molar refractivity (Wildman–Crippen MR) is 69.6 cm³/mol. The molecule has 0 saturated heterocycles. The minimum atomic E-state index is 0.550. The Bertz CT molecular complexity index is 492. The topological polar surface area (TPSA) is 50.7 Å². The molecule has 0 aliphatic heterocycles. The molecule has 0 amide bonds. The SMILES string of the molecule is CCNc1ncc(Cl)c(Sc2ccncc2)n1. The molecule has 1 N–H and O–H groups in total. The molecule has 0 aliphatic rings. The monoisotopic (exact) mass is 266 g/mol. The van der Waals surface area contributed by atoms with Gasteiger partial charge in [0.25, 0.3) is 0 Å². The first-order valence-corrected chi connectivity index (χ1v) is 6.33. The van der Waals surface area contributed by atoms with Crippen molar-refractivity contribution < 1.29 is 0 Å². The Morgan fingerprint density at radius 2 is 2.12 bits per heavy atom. The number of anilines is 1. The Kier molecular flexibility index (Phi) is 4.17. The van der Waals surface area contributed by atoms with Gasteiger partial charge in [-0.15, -0.1) is 0 Å². The fraction of sp³-hybridized carbons (Fsp3) is 0.182. The van der Waals surface area contributed by atoms with Crippen molar-refractivity contribution in [3.63, 3.8) is 0 Å². The lowest BCUT2D eigenvalue weighted by Crippen LogP contribution is -2.02. The fourth-order valence-electron chi connectivity index (χ4n) is 1.18. The molecule has 6 heteroatoms. The number of nitrogens with one attached hydrogen (secondary N) is 1. The molecule has 0 radical (unpaired) electrons. The van der Waals surface area contributed by atoms with Crippen LogP contribution in [-0.2, 0) is 0 Å². The normalized spacial score (nSPS) is 10.2. The lowest BCUT2D eigenvalue weighted by Gasteiger charge is -2.05. The Morgan fingerprint density at radius 3 is 2.82 bits per heavy atom. The summed E-state index contributed by atoms with van der Waals surface area (Å²) in [7, 11) is 0. The summed E-state index contributed by atoms with van der Waals surface area (Å²) < 4.78 is 0. The van der Waals surface area contributed by atoms with Crippen molar-refractivity contribution in [1.29, 1.82) is 0 Å². The van der Waals surface area contributed by atoms with E-state index in [4.69, 9.17) is 11.6 Å². The lowest BCUT2D eigenvalue weighted by molar-refractivity contribution is 1.01. The minimum absolute atomic E-state index is 0.550. The first kappa shape index (κ1) is 12.1. The Balaban J connectivity index is 2.22. The van der Waals surface area contributed by atoms with E-state index in [-0.39, 0.29) is 0 Å². The summed E-state index contributed by atoms with van der Waals surface area (Å²) in [6.45, 7) is 2.77. The molecule has 17 heavy (non-hydrogen) atoms. The van der Waals surface area contributed by atoms with Crippen molar-refractivity contribution in [2.45, 2.75) is 16.8 Å². The molecule has 0 unspecified atom stereocenters. The van der Waals surface area contributed by atoms with Crippen molar-refractivity contribution >= 4 is 29.3 Å². The van der Waals surface area contributed by atoms with Crippen LogP contribution < -0.4 is 5.32 Å².